The van der Waals surface area contributed by atoms with Gasteiger partial charge >= 0.3 is 7.12 Å². The highest BCUT2D eigenvalue weighted by Crippen LogP contribution is 2.12. The minimum Gasteiger partial charge on any atom is -0.407 e. The molecule has 16 heavy (non-hydrogen) atoms. The Morgan fingerprint density at radius 2 is 1.62 bits per heavy atom. The van der Waals surface area contributed by atoms with E-state index in [1.54, 1.807) is 0 Å². The van der Waals surface area contributed by atoms with Gasteiger partial charge in [0.15, 0.2) is 17.5 Å². The van der Waals surface area contributed by atoms with E-state index in [0.29, 0.717) is 13.2 Å². The highest BCUT2D eigenvalue weighted by Gasteiger charge is 2.29. The summed E-state index contributed by atoms with van der Waals surface area (Å²) >= 11 is 0. The summed E-state index contributed by atoms with van der Waals surface area (Å²) < 4.78 is 49.1. The summed E-state index contributed by atoms with van der Waals surface area (Å²) in [7, 11) is -0.819. The van der Waals surface area contributed by atoms with Crippen molar-refractivity contribution in [1.82, 2.24) is 0 Å². The molecule has 6 heteroatoms. The predicted molar refractivity (Wildman–Crippen MR) is 52.8 cm³/mol. The third-order valence-electron chi connectivity index (χ3n) is 2.34. The molecule has 0 amide bonds. The molecule has 0 radical (unpaired) electrons. The molecule has 1 aromatic carbocycles. The molecule has 0 bridgehead atoms. The Balaban J connectivity index is 2.21. The quantitative estimate of drug-likeness (QED) is 0.537. The summed E-state index contributed by atoms with van der Waals surface area (Å²) in [4.78, 5) is 0. The summed E-state index contributed by atoms with van der Waals surface area (Å²) in [6.07, 6.45) is 0. The molecule has 2 rings (SSSR count). The van der Waals surface area contributed by atoms with E-state index in [2.05, 4.69) is 0 Å². The maximum absolute atomic E-state index is 12.9. The molecule has 0 unspecified atom stereocenters. The van der Waals surface area contributed by atoms with E-state index < -0.39 is 24.6 Å². The van der Waals surface area contributed by atoms with Gasteiger partial charge in [-0.2, -0.15) is 0 Å². The molecule has 0 spiro atoms. The van der Waals surface area contributed by atoms with Gasteiger partial charge in [-0.25, -0.2) is 13.2 Å². The number of benzene rings is 1. The second kappa shape index (κ2) is 4.47. The van der Waals surface area contributed by atoms with E-state index in [1.165, 1.54) is 0 Å². The molecule has 2 nitrogen and oxygen atoms in total. The van der Waals surface area contributed by atoms with Crippen LogP contribution in [0.1, 0.15) is 6.92 Å². The molecule has 1 aliphatic heterocycles. The predicted octanol–water partition coefficient (Wildman–Crippen LogP) is 1.48. The van der Waals surface area contributed by atoms with Crippen LogP contribution >= 0.6 is 0 Å². The summed E-state index contributed by atoms with van der Waals surface area (Å²) in [6.45, 7) is 2.83. The van der Waals surface area contributed by atoms with Crippen LogP contribution in [0.5, 0.6) is 0 Å². The first-order valence-corrected chi connectivity index (χ1v) is 4.95. The van der Waals surface area contributed by atoms with Gasteiger partial charge in [-0.05, 0) is 23.5 Å². The maximum atomic E-state index is 12.9. The molecule has 86 valence electrons. The van der Waals surface area contributed by atoms with Crippen LogP contribution in [0.3, 0.4) is 0 Å². The molecular formula is C10H10BF3O2. The van der Waals surface area contributed by atoms with Crippen molar-refractivity contribution in [1.29, 1.82) is 0 Å². The standard InChI is InChI=1S/C10H10BF3O2/c1-6-4-15-11(16-5-6)7-2-8(12)10(14)9(13)3-7/h2-3,6H,4-5H2,1H3. The largest absolute Gasteiger partial charge is 0.494 e. The fourth-order valence-corrected chi connectivity index (χ4v) is 1.50. The van der Waals surface area contributed by atoms with E-state index in [9.17, 15) is 13.2 Å². The van der Waals surface area contributed by atoms with Crippen LogP contribution in [0, 0.1) is 23.4 Å². The van der Waals surface area contributed by atoms with Crippen LogP contribution in [0.4, 0.5) is 13.2 Å². The lowest BCUT2D eigenvalue weighted by Crippen LogP contribution is -2.44. The van der Waals surface area contributed by atoms with Crippen molar-refractivity contribution in [3.05, 3.63) is 29.6 Å². The van der Waals surface area contributed by atoms with Gasteiger partial charge < -0.3 is 9.31 Å². The average molecular weight is 230 g/mol. The highest BCUT2D eigenvalue weighted by molar-refractivity contribution is 6.61. The van der Waals surface area contributed by atoms with Gasteiger partial charge in [0.2, 0.25) is 0 Å². The summed E-state index contributed by atoms with van der Waals surface area (Å²) in [5.74, 6) is -3.71. The zero-order valence-electron chi connectivity index (χ0n) is 8.67. The van der Waals surface area contributed by atoms with Crippen molar-refractivity contribution < 1.29 is 22.5 Å². The molecule has 0 saturated carbocycles. The van der Waals surface area contributed by atoms with Crippen LogP contribution in [-0.2, 0) is 9.31 Å². The molecule has 1 saturated heterocycles. The molecule has 0 atom stereocenters. The van der Waals surface area contributed by atoms with Crippen molar-refractivity contribution >= 4 is 12.6 Å². The number of hydrogen-bond donors (Lipinski definition) is 0. The first-order chi connectivity index (χ1) is 7.58. The zero-order chi connectivity index (χ0) is 11.7. The normalized spacial score (nSPS) is 17.9. The van der Waals surface area contributed by atoms with Crippen molar-refractivity contribution in [3.8, 4) is 0 Å². The highest BCUT2D eigenvalue weighted by atomic mass is 19.2. The zero-order valence-corrected chi connectivity index (χ0v) is 8.67. The van der Waals surface area contributed by atoms with Crippen molar-refractivity contribution in [2.75, 3.05) is 13.2 Å². The molecule has 1 fully saturated rings. The summed E-state index contributed by atoms with van der Waals surface area (Å²) in [5, 5.41) is 0. The molecular weight excluding hydrogens is 220 g/mol. The first-order valence-electron chi connectivity index (χ1n) is 4.95. The molecule has 0 aromatic heterocycles. The number of halogens is 3. The Bertz CT molecular complexity index is 369. The van der Waals surface area contributed by atoms with Crippen LogP contribution in [0.25, 0.3) is 0 Å². The first kappa shape index (κ1) is 11.5. The topological polar surface area (TPSA) is 18.5 Å². The Hall–Kier alpha value is -1.01. The molecule has 0 aliphatic carbocycles. The van der Waals surface area contributed by atoms with Gasteiger partial charge in [-0.1, -0.05) is 6.92 Å². The second-order valence-corrected chi connectivity index (χ2v) is 3.90. The average Bonchev–Trinajstić information content (AvgIpc) is 2.26. The van der Waals surface area contributed by atoms with Crippen molar-refractivity contribution in [3.63, 3.8) is 0 Å². The van der Waals surface area contributed by atoms with Gasteiger partial charge in [-0.3, -0.25) is 0 Å². The van der Waals surface area contributed by atoms with Gasteiger partial charge in [-0.15, -0.1) is 0 Å². The molecule has 1 aromatic rings. The van der Waals surface area contributed by atoms with E-state index in [1.807, 2.05) is 6.92 Å². The third-order valence-corrected chi connectivity index (χ3v) is 2.34. The molecule has 0 N–H and O–H groups in total. The molecule has 1 heterocycles. The number of rotatable bonds is 1. The second-order valence-electron chi connectivity index (χ2n) is 3.90. The summed E-state index contributed by atoms with van der Waals surface area (Å²) in [5.41, 5.74) is 0.156. The van der Waals surface area contributed by atoms with Crippen LogP contribution in [0.15, 0.2) is 12.1 Å². The lowest BCUT2D eigenvalue weighted by molar-refractivity contribution is 0.0957. The van der Waals surface area contributed by atoms with Gasteiger partial charge in [0.25, 0.3) is 0 Å². The lowest BCUT2D eigenvalue weighted by atomic mass is 9.77. The van der Waals surface area contributed by atoms with Crippen molar-refractivity contribution in [2.24, 2.45) is 5.92 Å². The third kappa shape index (κ3) is 2.22. The SMILES string of the molecule is CC1COB(c2cc(F)c(F)c(F)c2)OC1. The Labute approximate surface area is 91.5 Å². The fourth-order valence-electron chi connectivity index (χ4n) is 1.50. The molecule has 1 aliphatic rings. The van der Waals surface area contributed by atoms with E-state index >= 15 is 0 Å². The fraction of sp³-hybridized carbons (Fsp3) is 0.400. The van der Waals surface area contributed by atoms with E-state index in [4.69, 9.17) is 9.31 Å². The van der Waals surface area contributed by atoms with Crippen LogP contribution in [-0.4, -0.2) is 20.3 Å². The maximum Gasteiger partial charge on any atom is 0.494 e. The van der Waals surface area contributed by atoms with E-state index in [-0.39, 0.29) is 11.4 Å². The Kier molecular flexibility index (Phi) is 3.21. The van der Waals surface area contributed by atoms with Crippen LogP contribution < -0.4 is 5.46 Å². The smallest absolute Gasteiger partial charge is 0.407 e. The lowest BCUT2D eigenvalue weighted by Gasteiger charge is -2.24. The monoisotopic (exact) mass is 230 g/mol. The Morgan fingerprint density at radius 1 is 1.12 bits per heavy atom. The minimum atomic E-state index is -1.48. The Morgan fingerprint density at radius 3 is 2.12 bits per heavy atom. The van der Waals surface area contributed by atoms with Crippen molar-refractivity contribution in [2.45, 2.75) is 6.92 Å². The van der Waals surface area contributed by atoms with E-state index in [0.717, 1.165) is 12.1 Å². The van der Waals surface area contributed by atoms with Gasteiger partial charge in [0.05, 0.1) is 0 Å². The van der Waals surface area contributed by atoms with Gasteiger partial charge in [0.1, 0.15) is 0 Å². The number of hydrogen-bond acceptors (Lipinski definition) is 2. The van der Waals surface area contributed by atoms with Crippen LogP contribution in [0.2, 0.25) is 0 Å². The minimum absolute atomic E-state index is 0.156. The summed E-state index contributed by atoms with van der Waals surface area (Å²) in [6, 6.07) is 1.78. The van der Waals surface area contributed by atoms with Gasteiger partial charge in [0, 0.05) is 13.2 Å².